The van der Waals surface area contributed by atoms with Crippen LogP contribution in [0.1, 0.15) is 17.7 Å². The van der Waals surface area contributed by atoms with Crippen molar-refractivity contribution in [3.8, 4) is 5.88 Å². The third-order valence-electron chi connectivity index (χ3n) is 3.85. The van der Waals surface area contributed by atoms with E-state index in [9.17, 15) is 8.42 Å². The molecule has 1 aliphatic rings. The lowest BCUT2D eigenvalue weighted by atomic mass is 10.2. The van der Waals surface area contributed by atoms with Crippen molar-refractivity contribution in [2.45, 2.75) is 19.4 Å². The minimum Gasteiger partial charge on any atom is -0.473 e. The summed E-state index contributed by atoms with van der Waals surface area (Å²) in [5.74, 6) is 0.541. The molecule has 3 rings (SSSR count). The van der Waals surface area contributed by atoms with Crippen LogP contribution >= 0.6 is 0 Å². The molecule has 1 saturated heterocycles. The summed E-state index contributed by atoms with van der Waals surface area (Å²) in [7, 11) is -3.44. The molecule has 0 amide bonds. The molecule has 126 valence electrons. The number of pyridine rings is 1. The number of rotatable bonds is 5. The molecule has 0 bridgehead atoms. The molecule has 5 nitrogen and oxygen atoms in total. The molecule has 1 fully saturated rings. The predicted molar refractivity (Wildman–Crippen MR) is 94.0 cm³/mol. The van der Waals surface area contributed by atoms with Crippen LogP contribution in [0.2, 0.25) is 0 Å². The number of aryl methyl sites for hydroxylation is 1. The van der Waals surface area contributed by atoms with E-state index in [0.29, 0.717) is 25.4 Å². The van der Waals surface area contributed by atoms with E-state index in [1.807, 2.05) is 49.4 Å². The number of hydrogen-bond donors (Lipinski definition) is 0. The summed E-state index contributed by atoms with van der Waals surface area (Å²) in [4.78, 5) is 4.30. The van der Waals surface area contributed by atoms with Gasteiger partial charge in [-0.1, -0.05) is 36.4 Å². The Labute approximate surface area is 142 Å². The second-order valence-corrected chi connectivity index (χ2v) is 7.58. The van der Waals surface area contributed by atoms with Gasteiger partial charge in [0.25, 0.3) is 0 Å². The summed E-state index contributed by atoms with van der Waals surface area (Å²) in [6.45, 7) is 2.70. The monoisotopic (exact) mass is 344 g/mol. The van der Waals surface area contributed by atoms with Crippen molar-refractivity contribution in [3.05, 3.63) is 65.2 Å². The standard InChI is InChI=1S/C18H20N2O3S/c1-15-6-5-9-18(19-15)23-17-10-12-20(14-17)24(21,22)13-11-16-7-3-2-4-8-16/h2-9,11,13,17H,10,12,14H2,1H3. The zero-order valence-corrected chi connectivity index (χ0v) is 14.3. The summed E-state index contributed by atoms with van der Waals surface area (Å²) in [6, 6.07) is 14.9. The van der Waals surface area contributed by atoms with Gasteiger partial charge in [-0.3, -0.25) is 0 Å². The van der Waals surface area contributed by atoms with E-state index in [1.165, 1.54) is 9.71 Å². The fourth-order valence-corrected chi connectivity index (χ4v) is 3.83. The number of nitrogens with zero attached hydrogens (tertiary/aromatic N) is 2. The lowest BCUT2D eigenvalue weighted by Gasteiger charge is -2.15. The topological polar surface area (TPSA) is 59.5 Å². The largest absolute Gasteiger partial charge is 0.473 e. The Morgan fingerprint density at radius 1 is 1.17 bits per heavy atom. The molecule has 1 atom stereocenters. The van der Waals surface area contributed by atoms with Crippen LogP contribution in [0, 0.1) is 6.92 Å². The highest BCUT2D eigenvalue weighted by molar-refractivity contribution is 7.92. The van der Waals surface area contributed by atoms with E-state index in [4.69, 9.17) is 4.74 Å². The lowest BCUT2D eigenvalue weighted by molar-refractivity contribution is 0.207. The first-order valence-electron chi connectivity index (χ1n) is 7.86. The molecule has 1 aromatic heterocycles. The molecule has 2 aromatic rings. The summed E-state index contributed by atoms with van der Waals surface area (Å²) < 4.78 is 32.1. The van der Waals surface area contributed by atoms with Crippen LogP contribution in [0.5, 0.6) is 5.88 Å². The molecule has 24 heavy (non-hydrogen) atoms. The van der Waals surface area contributed by atoms with Gasteiger partial charge in [-0.2, -0.15) is 4.31 Å². The van der Waals surface area contributed by atoms with Crippen molar-refractivity contribution in [1.82, 2.24) is 9.29 Å². The summed E-state index contributed by atoms with van der Waals surface area (Å²) >= 11 is 0. The highest BCUT2D eigenvalue weighted by atomic mass is 32.2. The molecular weight excluding hydrogens is 324 g/mol. The lowest BCUT2D eigenvalue weighted by Crippen LogP contribution is -2.29. The van der Waals surface area contributed by atoms with E-state index in [1.54, 1.807) is 12.1 Å². The van der Waals surface area contributed by atoms with Crippen molar-refractivity contribution in [3.63, 3.8) is 0 Å². The van der Waals surface area contributed by atoms with E-state index in [0.717, 1.165) is 11.3 Å². The minimum absolute atomic E-state index is 0.167. The SMILES string of the molecule is Cc1cccc(OC2CCN(S(=O)(=O)C=Cc3ccccc3)C2)n1. The molecule has 0 N–H and O–H groups in total. The summed E-state index contributed by atoms with van der Waals surface area (Å²) in [5, 5.41) is 1.26. The quantitative estimate of drug-likeness (QED) is 0.837. The van der Waals surface area contributed by atoms with Gasteiger partial charge in [-0.25, -0.2) is 13.4 Å². The van der Waals surface area contributed by atoms with Crippen LogP contribution in [0.3, 0.4) is 0 Å². The van der Waals surface area contributed by atoms with E-state index < -0.39 is 10.0 Å². The molecule has 0 aliphatic carbocycles. The Kier molecular flexibility index (Phi) is 4.97. The smallest absolute Gasteiger partial charge is 0.236 e. The summed E-state index contributed by atoms with van der Waals surface area (Å²) in [6.07, 6.45) is 2.11. The van der Waals surface area contributed by atoms with Crippen LogP contribution < -0.4 is 4.74 Å². The van der Waals surface area contributed by atoms with Crippen molar-refractivity contribution in [2.24, 2.45) is 0 Å². The first kappa shape index (κ1) is 16.7. The number of ether oxygens (including phenoxy) is 1. The molecular formula is C18H20N2O3S. The Morgan fingerprint density at radius 2 is 1.96 bits per heavy atom. The minimum atomic E-state index is -3.44. The van der Waals surface area contributed by atoms with Crippen LogP contribution in [-0.4, -0.2) is 36.9 Å². The highest BCUT2D eigenvalue weighted by Crippen LogP contribution is 2.20. The third-order valence-corrected chi connectivity index (χ3v) is 5.38. The Hall–Kier alpha value is -2.18. The van der Waals surface area contributed by atoms with E-state index >= 15 is 0 Å². The van der Waals surface area contributed by atoms with Gasteiger partial charge >= 0.3 is 0 Å². The van der Waals surface area contributed by atoms with E-state index in [2.05, 4.69) is 4.98 Å². The first-order valence-corrected chi connectivity index (χ1v) is 9.37. The maximum absolute atomic E-state index is 12.4. The van der Waals surface area contributed by atoms with Gasteiger partial charge in [0.2, 0.25) is 15.9 Å². The average molecular weight is 344 g/mol. The molecule has 1 unspecified atom stereocenters. The van der Waals surface area contributed by atoms with E-state index in [-0.39, 0.29) is 6.10 Å². The van der Waals surface area contributed by atoms with Gasteiger partial charge in [0.15, 0.2) is 0 Å². The van der Waals surface area contributed by atoms with Gasteiger partial charge in [-0.05, 0) is 31.1 Å². The van der Waals surface area contributed by atoms with Gasteiger partial charge in [0, 0.05) is 23.7 Å². The van der Waals surface area contributed by atoms with Crippen molar-refractivity contribution >= 4 is 16.1 Å². The molecule has 0 spiro atoms. The number of hydrogen-bond acceptors (Lipinski definition) is 4. The van der Waals surface area contributed by atoms with Gasteiger partial charge in [0.1, 0.15) is 6.10 Å². The van der Waals surface area contributed by atoms with Crippen LogP contribution in [-0.2, 0) is 10.0 Å². The van der Waals surface area contributed by atoms with Crippen molar-refractivity contribution in [1.29, 1.82) is 0 Å². The molecule has 1 aromatic carbocycles. The van der Waals surface area contributed by atoms with Crippen LogP contribution in [0.15, 0.2) is 53.9 Å². The number of aromatic nitrogens is 1. The van der Waals surface area contributed by atoms with Gasteiger partial charge < -0.3 is 4.74 Å². The zero-order valence-electron chi connectivity index (χ0n) is 13.5. The Bertz CT molecular complexity index is 819. The average Bonchev–Trinajstić information content (AvgIpc) is 3.03. The fraction of sp³-hybridized carbons (Fsp3) is 0.278. The maximum Gasteiger partial charge on any atom is 0.236 e. The molecule has 1 aliphatic heterocycles. The van der Waals surface area contributed by atoms with Crippen molar-refractivity contribution < 1.29 is 13.2 Å². The molecule has 0 radical (unpaired) electrons. The van der Waals surface area contributed by atoms with Gasteiger partial charge in [0.05, 0.1) is 6.54 Å². The Balaban J connectivity index is 1.63. The summed E-state index contributed by atoms with van der Waals surface area (Å²) in [5.41, 5.74) is 1.73. The molecule has 2 heterocycles. The second kappa shape index (κ2) is 7.15. The van der Waals surface area contributed by atoms with Gasteiger partial charge in [-0.15, -0.1) is 0 Å². The third kappa shape index (κ3) is 4.21. The second-order valence-electron chi connectivity index (χ2n) is 5.76. The van der Waals surface area contributed by atoms with Crippen LogP contribution in [0.4, 0.5) is 0 Å². The molecule has 0 saturated carbocycles. The predicted octanol–water partition coefficient (Wildman–Crippen LogP) is 2.84. The van der Waals surface area contributed by atoms with Crippen molar-refractivity contribution in [2.75, 3.05) is 13.1 Å². The maximum atomic E-state index is 12.4. The molecule has 6 heteroatoms. The first-order chi connectivity index (χ1) is 11.5. The highest BCUT2D eigenvalue weighted by Gasteiger charge is 2.31. The fourth-order valence-electron chi connectivity index (χ4n) is 2.59. The zero-order chi connectivity index (χ0) is 17.0. The van der Waals surface area contributed by atoms with Crippen LogP contribution in [0.25, 0.3) is 6.08 Å². The Morgan fingerprint density at radius 3 is 2.71 bits per heavy atom. The normalized spacial score (nSPS) is 19.0. The number of sulfonamides is 1. The number of benzene rings is 1.